The highest BCUT2D eigenvalue weighted by Gasteiger charge is 2.30. The molecule has 0 saturated carbocycles. The molecule has 2 heterocycles. The standard InChI is InChI=1S/C9H8O4.C9H10O2/c10-5-3-7(12)9-6(11)1-2-13-8(9)4-5;1-9(2)10-7-5-3-4-6-8(7)11-9/h3-4,10,12H,1-2H2;3-6H,1-2H3. The molecule has 0 fully saturated rings. The first-order chi connectivity index (χ1) is 11.4. The van der Waals surface area contributed by atoms with Crippen molar-refractivity contribution < 1.29 is 29.2 Å². The van der Waals surface area contributed by atoms with Gasteiger partial charge in [-0.15, -0.1) is 0 Å². The van der Waals surface area contributed by atoms with Gasteiger partial charge in [0.2, 0.25) is 5.79 Å². The Bertz CT molecular complexity index is 754. The summed E-state index contributed by atoms with van der Waals surface area (Å²) in [7, 11) is 0. The van der Waals surface area contributed by atoms with Crippen molar-refractivity contribution in [1.29, 1.82) is 0 Å². The van der Waals surface area contributed by atoms with Gasteiger partial charge in [0.25, 0.3) is 0 Å². The summed E-state index contributed by atoms with van der Waals surface area (Å²) in [6, 6.07) is 10.1. The van der Waals surface area contributed by atoms with Crippen molar-refractivity contribution in [3.8, 4) is 28.7 Å². The fourth-order valence-electron chi connectivity index (χ4n) is 2.53. The molecule has 6 nitrogen and oxygen atoms in total. The van der Waals surface area contributed by atoms with Gasteiger partial charge in [-0.25, -0.2) is 0 Å². The Morgan fingerprint density at radius 3 is 2.25 bits per heavy atom. The third kappa shape index (κ3) is 3.22. The molecule has 0 spiro atoms. The van der Waals surface area contributed by atoms with E-state index in [0.29, 0.717) is 6.61 Å². The smallest absolute Gasteiger partial charge is 0.246 e. The molecule has 2 N–H and O–H groups in total. The van der Waals surface area contributed by atoms with Crippen LogP contribution in [0.5, 0.6) is 28.7 Å². The Morgan fingerprint density at radius 2 is 1.62 bits per heavy atom. The molecule has 0 bridgehead atoms. The summed E-state index contributed by atoms with van der Waals surface area (Å²) in [4.78, 5) is 11.3. The first-order valence-corrected chi connectivity index (χ1v) is 7.55. The Kier molecular flexibility index (Phi) is 3.97. The molecule has 0 aromatic heterocycles. The van der Waals surface area contributed by atoms with Crippen LogP contribution in [-0.4, -0.2) is 28.4 Å². The number of para-hydroxylation sites is 2. The van der Waals surface area contributed by atoms with Gasteiger partial charge < -0.3 is 24.4 Å². The molecular formula is C18H18O6. The number of carbonyl (C=O) groups is 1. The van der Waals surface area contributed by atoms with E-state index < -0.39 is 5.79 Å². The maximum absolute atomic E-state index is 11.3. The first kappa shape index (κ1) is 16.0. The van der Waals surface area contributed by atoms with Crippen LogP contribution in [0, 0.1) is 0 Å². The summed E-state index contributed by atoms with van der Waals surface area (Å²) < 4.78 is 16.1. The van der Waals surface area contributed by atoms with Crippen LogP contribution in [0.1, 0.15) is 30.6 Å². The van der Waals surface area contributed by atoms with Crippen molar-refractivity contribution in [2.75, 3.05) is 6.61 Å². The highest BCUT2D eigenvalue weighted by Crippen LogP contribution is 2.38. The van der Waals surface area contributed by atoms with Crippen molar-refractivity contribution in [3.63, 3.8) is 0 Å². The van der Waals surface area contributed by atoms with Gasteiger partial charge in [-0.05, 0) is 12.1 Å². The van der Waals surface area contributed by atoms with Gasteiger partial charge in [0.1, 0.15) is 22.8 Å². The number of aromatic hydroxyl groups is 2. The second kappa shape index (κ2) is 5.96. The van der Waals surface area contributed by atoms with E-state index in [9.17, 15) is 9.90 Å². The Labute approximate surface area is 139 Å². The van der Waals surface area contributed by atoms with Crippen LogP contribution in [-0.2, 0) is 0 Å². The number of ketones is 1. The molecule has 0 saturated heterocycles. The van der Waals surface area contributed by atoms with Gasteiger partial charge in [0.15, 0.2) is 17.3 Å². The van der Waals surface area contributed by atoms with Crippen LogP contribution in [0.3, 0.4) is 0 Å². The van der Waals surface area contributed by atoms with Gasteiger partial charge in [-0.3, -0.25) is 4.79 Å². The molecule has 0 amide bonds. The molecule has 126 valence electrons. The lowest BCUT2D eigenvalue weighted by Gasteiger charge is -2.16. The minimum atomic E-state index is -0.496. The number of ether oxygens (including phenoxy) is 3. The Hall–Kier alpha value is -2.89. The number of hydrogen-bond acceptors (Lipinski definition) is 6. The van der Waals surface area contributed by atoms with Crippen LogP contribution < -0.4 is 14.2 Å². The number of phenols is 2. The molecule has 2 aliphatic rings. The van der Waals surface area contributed by atoms with Crippen LogP contribution >= 0.6 is 0 Å². The Balaban J connectivity index is 0.000000143. The van der Waals surface area contributed by atoms with E-state index in [2.05, 4.69) is 0 Å². The molecule has 0 aliphatic carbocycles. The lowest BCUT2D eigenvalue weighted by molar-refractivity contribution is -0.0431. The predicted molar refractivity (Wildman–Crippen MR) is 86.0 cm³/mol. The second-order valence-electron chi connectivity index (χ2n) is 5.91. The van der Waals surface area contributed by atoms with Gasteiger partial charge in [0, 0.05) is 32.4 Å². The Morgan fingerprint density at radius 1 is 1.00 bits per heavy atom. The van der Waals surface area contributed by atoms with E-state index in [1.165, 1.54) is 6.07 Å². The number of hydrogen-bond donors (Lipinski definition) is 2. The lowest BCUT2D eigenvalue weighted by Crippen LogP contribution is -2.29. The third-order valence-electron chi connectivity index (χ3n) is 3.49. The zero-order valence-corrected chi connectivity index (χ0v) is 13.4. The maximum Gasteiger partial charge on any atom is 0.246 e. The molecule has 0 unspecified atom stereocenters. The van der Waals surface area contributed by atoms with E-state index in [4.69, 9.17) is 19.3 Å². The van der Waals surface area contributed by atoms with Gasteiger partial charge in [-0.1, -0.05) is 12.1 Å². The minimum Gasteiger partial charge on any atom is -0.508 e. The van der Waals surface area contributed by atoms with E-state index in [0.717, 1.165) is 17.6 Å². The average molecular weight is 330 g/mol. The number of Topliss-reactive ketones (excluding diaryl/α,β-unsaturated/α-hetero) is 1. The van der Waals surface area contributed by atoms with Crippen LogP contribution in [0.4, 0.5) is 0 Å². The van der Waals surface area contributed by atoms with Crippen LogP contribution in [0.15, 0.2) is 36.4 Å². The van der Waals surface area contributed by atoms with Crippen molar-refractivity contribution in [1.82, 2.24) is 0 Å². The summed E-state index contributed by atoms with van der Waals surface area (Å²) in [6.45, 7) is 4.09. The molecule has 2 aliphatic heterocycles. The first-order valence-electron chi connectivity index (χ1n) is 7.55. The third-order valence-corrected chi connectivity index (χ3v) is 3.49. The quantitative estimate of drug-likeness (QED) is 0.771. The molecule has 24 heavy (non-hydrogen) atoms. The van der Waals surface area contributed by atoms with Crippen molar-refractivity contribution >= 4 is 5.78 Å². The number of carbonyl (C=O) groups excluding carboxylic acids is 1. The summed E-state index contributed by atoms with van der Waals surface area (Å²) >= 11 is 0. The van der Waals surface area contributed by atoms with Crippen molar-refractivity contribution in [2.24, 2.45) is 0 Å². The highest BCUT2D eigenvalue weighted by atomic mass is 16.7. The predicted octanol–water partition coefficient (Wildman–Crippen LogP) is 3.26. The molecule has 0 radical (unpaired) electrons. The molecule has 2 aromatic rings. The molecular weight excluding hydrogens is 312 g/mol. The summed E-state index contributed by atoms with van der Waals surface area (Å²) in [5, 5.41) is 18.5. The van der Waals surface area contributed by atoms with Gasteiger partial charge in [-0.2, -0.15) is 0 Å². The zero-order chi connectivity index (χ0) is 17.3. The fourth-order valence-corrected chi connectivity index (χ4v) is 2.53. The summed E-state index contributed by atoms with van der Waals surface area (Å²) in [5.41, 5.74) is 0.170. The van der Waals surface area contributed by atoms with Crippen molar-refractivity contribution in [2.45, 2.75) is 26.1 Å². The largest absolute Gasteiger partial charge is 0.508 e. The second-order valence-corrected chi connectivity index (χ2v) is 5.91. The van der Waals surface area contributed by atoms with E-state index in [1.54, 1.807) is 0 Å². The number of benzene rings is 2. The van der Waals surface area contributed by atoms with Gasteiger partial charge >= 0.3 is 0 Å². The van der Waals surface area contributed by atoms with Crippen LogP contribution in [0.2, 0.25) is 0 Å². The summed E-state index contributed by atoms with van der Waals surface area (Å²) in [6.07, 6.45) is 0.269. The SMILES string of the molecule is CC1(C)Oc2ccccc2O1.O=C1CCOc2cc(O)cc(O)c21. The summed E-state index contributed by atoms with van der Waals surface area (Å²) in [5.74, 6) is 0.942. The maximum atomic E-state index is 11.3. The molecule has 4 rings (SSSR count). The van der Waals surface area contributed by atoms with E-state index in [-0.39, 0.29) is 35.0 Å². The molecule has 0 atom stereocenters. The monoisotopic (exact) mass is 330 g/mol. The molecule has 6 heteroatoms. The fraction of sp³-hybridized carbons (Fsp3) is 0.278. The molecule has 2 aromatic carbocycles. The van der Waals surface area contributed by atoms with E-state index in [1.807, 2.05) is 38.1 Å². The van der Waals surface area contributed by atoms with Gasteiger partial charge in [0.05, 0.1) is 6.61 Å². The number of rotatable bonds is 0. The topological polar surface area (TPSA) is 85.2 Å². The minimum absolute atomic E-state index is 0.106. The normalized spacial score (nSPS) is 16.5. The van der Waals surface area contributed by atoms with Crippen LogP contribution in [0.25, 0.3) is 0 Å². The van der Waals surface area contributed by atoms with E-state index >= 15 is 0 Å². The number of phenolic OH excluding ortho intramolecular Hbond substituents is 2. The number of fused-ring (bicyclic) bond motifs is 2. The average Bonchev–Trinajstić information content (AvgIpc) is 2.81. The van der Waals surface area contributed by atoms with Crippen molar-refractivity contribution in [3.05, 3.63) is 42.0 Å². The zero-order valence-electron chi connectivity index (χ0n) is 13.4. The lowest BCUT2D eigenvalue weighted by atomic mass is 10.0. The highest BCUT2D eigenvalue weighted by molar-refractivity contribution is 6.02.